The van der Waals surface area contributed by atoms with Gasteiger partial charge in [-0.1, -0.05) is 26.0 Å². The van der Waals surface area contributed by atoms with Crippen LogP contribution in [0.3, 0.4) is 0 Å². The SMILES string of the molecule is CC(C)c1[nH]c(=O)c2cc(O)ccc2c1-c1ccc(F)cc1. The number of fused-ring (bicyclic) bond motifs is 1. The van der Waals surface area contributed by atoms with E-state index in [0.717, 1.165) is 22.2 Å². The summed E-state index contributed by atoms with van der Waals surface area (Å²) in [5.74, 6) is -0.160. The van der Waals surface area contributed by atoms with Crippen molar-refractivity contribution in [3.63, 3.8) is 0 Å². The fraction of sp³-hybridized carbons (Fsp3) is 0.167. The summed E-state index contributed by atoms with van der Waals surface area (Å²) in [7, 11) is 0. The van der Waals surface area contributed by atoms with Crippen molar-refractivity contribution in [1.29, 1.82) is 0 Å². The summed E-state index contributed by atoms with van der Waals surface area (Å²) in [6.45, 7) is 3.98. The minimum Gasteiger partial charge on any atom is -0.508 e. The highest BCUT2D eigenvalue weighted by molar-refractivity contribution is 5.97. The van der Waals surface area contributed by atoms with E-state index in [4.69, 9.17) is 0 Å². The quantitative estimate of drug-likeness (QED) is 0.746. The van der Waals surface area contributed by atoms with Crippen molar-refractivity contribution in [3.05, 3.63) is 64.3 Å². The average molecular weight is 297 g/mol. The zero-order valence-electron chi connectivity index (χ0n) is 12.4. The van der Waals surface area contributed by atoms with Crippen LogP contribution in [0.2, 0.25) is 0 Å². The molecule has 0 radical (unpaired) electrons. The molecule has 2 N–H and O–H groups in total. The number of aromatic nitrogens is 1. The molecule has 2 aromatic carbocycles. The maximum atomic E-state index is 13.2. The van der Waals surface area contributed by atoms with E-state index in [9.17, 15) is 14.3 Å². The second-order valence-electron chi connectivity index (χ2n) is 5.63. The third kappa shape index (κ3) is 2.37. The van der Waals surface area contributed by atoms with Crippen molar-refractivity contribution in [2.45, 2.75) is 19.8 Å². The number of aromatic hydroxyl groups is 1. The number of hydrogen-bond donors (Lipinski definition) is 2. The van der Waals surface area contributed by atoms with Crippen LogP contribution in [0.25, 0.3) is 21.9 Å². The first-order valence-corrected chi connectivity index (χ1v) is 7.12. The molecular formula is C18H16FNO2. The van der Waals surface area contributed by atoms with E-state index in [-0.39, 0.29) is 23.0 Å². The molecule has 0 atom stereocenters. The Labute approximate surface area is 127 Å². The Balaban J connectivity index is 2.44. The standard InChI is InChI=1S/C18H16FNO2/c1-10(2)17-16(11-3-5-12(19)6-4-11)14-8-7-13(21)9-15(14)18(22)20-17/h3-10,21H,1-2H3,(H,20,22). The van der Waals surface area contributed by atoms with Crippen molar-refractivity contribution in [1.82, 2.24) is 4.98 Å². The summed E-state index contributed by atoms with van der Waals surface area (Å²) in [6, 6.07) is 10.9. The van der Waals surface area contributed by atoms with E-state index in [0.29, 0.717) is 5.39 Å². The molecule has 0 aliphatic rings. The van der Waals surface area contributed by atoms with Gasteiger partial charge < -0.3 is 10.1 Å². The predicted molar refractivity (Wildman–Crippen MR) is 85.7 cm³/mol. The fourth-order valence-corrected chi connectivity index (χ4v) is 2.70. The number of H-pyrrole nitrogens is 1. The summed E-state index contributed by atoms with van der Waals surface area (Å²) >= 11 is 0. The van der Waals surface area contributed by atoms with Crippen LogP contribution in [0.15, 0.2) is 47.3 Å². The smallest absolute Gasteiger partial charge is 0.256 e. The zero-order chi connectivity index (χ0) is 15.9. The molecule has 0 saturated carbocycles. The number of phenolic OH excluding ortho intramolecular Hbond substituents is 1. The van der Waals surface area contributed by atoms with Crippen LogP contribution in [0.5, 0.6) is 5.75 Å². The zero-order valence-corrected chi connectivity index (χ0v) is 12.4. The lowest BCUT2D eigenvalue weighted by Gasteiger charge is -2.16. The number of halogens is 1. The molecule has 112 valence electrons. The highest BCUT2D eigenvalue weighted by atomic mass is 19.1. The van der Waals surface area contributed by atoms with Gasteiger partial charge in [0.2, 0.25) is 0 Å². The van der Waals surface area contributed by atoms with Crippen LogP contribution in [0, 0.1) is 5.82 Å². The summed E-state index contributed by atoms with van der Waals surface area (Å²) in [5, 5.41) is 10.8. The lowest BCUT2D eigenvalue weighted by Crippen LogP contribution is -2.12. The van der Waals surface area contributed by atoms with E-state index in [2.05, 4.69) is 4.98 Å². The number of aromatic amines is 1. The van der Waals surface area contributed by atoms with Gasteiger partial charge in [0.15, 0.2) is 0 Å². The molecule has 22 heavy (non-hydrogen) atoms. The lowest BCUT2D eigenvalue weighted by molar-refractivity contribution is 0.476. The first-order chi connectivity index (χ1) is 10.5. The molecular weight excluding hydrogens is 281 g/mol. The molecule has 0 saturated heterocycles. The van der Waals surface area contributed by atoms with Gasteiger partial charge in [-0.05, 0) is 47.2 Å². The third-order valence-electron chi connectivity index (χ3n) is 3.74. The second-order valence-corrected chi connectivity index (χ2v) is 5.63. The minimum atomic E-state index is -0.304. The average Bonchev–Trinajstić information content (AvgIpc) is 2.48. The third-order valence-corrected chi connectivity index (χ3v) is 3.74. The van der Waals surface area contributed by atoms with E-state index in [1.807, 2.05) is 13.8 Å². The Kier molecular flexibility index (Phi) is 3.45. The van der Waals surface area contributed by atoms with Crippen LogP contribution < -0.4 is 5.56 Å². The van der Waals surface area contributed by atoms with Crippen molar-refractivity contribution in [3.8, 4) is 16.9 Å². The van der Waals surface area contributed by atoms with Gasteiger partial charge in [-0.25, -0.2) is 4.39 Å². The molecule has 3 rings (SSSR count). The largest absolute Gasteiger partial charge is 0.508 e. The van der Waals surface area contributed by atoms with Crippen molar-refractivity contribution in [2.24, 2.45) is 0 Å². The van der Waals surface area contributed by atoms with Gasteiger partial charge in [0, 0.05) is 11.3 Å². The molecule has 0 fully saturated rings. The topological polar surface area (TPSA) is 53.1 Å². The Morgan fingerprint density at radius 2 is 1.73 bits per heavy atom. The van der Waals surface area contributed by atoms with E-state index >= 15 is 0 Å². The molecule has 3 aromatic rings. The number of phenols is 1. The Bertz CT molecular complexity index is 895. The van der Waals surface area contributed by atoms with Crippen LogP contribution >= 0.6 is 0 Å². The fourth-order valence-electron chi connectivity index (χ4n) is 2.70. The van der Waals surface area contributed by atoms with Gasteiger partial charge in [-0.15, -0.1) is 0 Å². The highest BCUT2D eigenvalue weighted by Gasteiger charge is 2.16. The van der Waals surface area contributed by atoms with Gasteiger partial charge in [0.25, 0.3) is 5.56 Å². The van der Waals surface area contributed by atoms with Gasteiger partial charge in [0.1, 0.15) is 11.6 Å². The van der Waals surface area contributed by atoms with Crippen LogP contribution in [-0.2, 0) is 0 Å². The number of hydrogen-bond acceptors (Lipinski definition) is 2. The van der Waals surface area contributed by atoms with Gasteiger partial charge in [-0.3, -0.25) is 4.79 Å². The van der Waals surface area contributed by atoms with E-state index in [1.54, 1.807) is 24.3 Å². The maximum Gasteiger partial charge on any atom is 0.256 e. The number of pyridine rings is 1. The molecule has 0 spiro atoms. The van der Waals surface area contributed by atoms with Crippen molar-refractivity contribution in [2.75, 3.05) is 0 Å². The number of rotatable bonds is 2. The van der Waals surface area contributed by atoms with Gasteiger partial charge >= 0.3 is 0 Å². The van der Waals surface area contributed by atoms with Crippen LogP contribution in [0.1, 0.15) is 25.5 Å². The molecule has 4 heteroatoms. The van der Waals surface area contributed by atoms with Gasteiger partial charge in [-0.2, -0.15) is 0 Å². The summed E-state index contributed by atoms with van der Waals surface area (Å²) in [5.41, 5.74) is 2.26. The second kappa shape index (κ2) is 5.30. The molecule has 0 unspecified atom stereocenters. The Morgan fingerprint density at radius 1 is 1.05 bits per heavy atom. The minimum absolute atomic E-state index is 0.0420. The lowest BCUT2D eigenvalue weighted by atomic mass is 9.93. The first-order valence-electron chi connectivity index (χ1n) is 7.12. The summed E-state index contributed by atoms with van der Waals surface area (Å²) < 4.78 is 13.2. The normalized spacial score (nSPS) is 11.3. The molecule has 0 aliphatic carbocycles. The van der Waals surface area contributed by atoms with E-state index in [1.165, 1.54) is 18.2 Å². The molecule has 0 bridgehead atoms. The summed E-state index contributed by atoms with van der Waals surface area (Å²) in [4.78, 5) is 15.2. The molecule has 3 nitrogen and oxygen atoms in total. The maximum absolute atomic E-state index is 13.2. The van der Waals surface area contributed by atoms with Crippen LogP contribution in [0.4, 0.5) is 4.39 Å². The number of benzene rings is 2. The molecule has 0 amide bonds. The molecule has 1 aromatic heterocycles. The Hall–Kier alpha value is -2.62. The Morgan fingerprint density at radius 3 is 2.36 bits per heavy atom. The van der Waals surface area contributed by atoms with Crippen molar-refractivity contribution >= 4 is 10.8 Å². The van der Waals surface area contributed by atoms with Crippen LogP contribution in [-0.4, -0.2) is 10.1 Å². The summed E-state index contributed by atoms with van der Waals surface area (Å²) in [6.07, 6.45) is 0. The van der Waals surface area contributed by atoms with Crippen molar-refractivity contribution < 1.29 is 9.50 Å². The van der Waals surface area contributed by atoms with E-state index < -0.39 is 0 Å². The predicted octanol–water partition coefficient (Wildman–Crippen LogP) is 4.16. The molecule has 1 heterocycles. The monoisotopic (exact) mass is 297 g/mol. The first kappa shape index (κ1) is 14.3. The number of nitrogens with one attached hydrogen (secondary N) is 1. The highest BCUT2D eigenvalue weighted by Crippen LogP contribution is 2.34. The molecule has 0 aliphatic heterocycles. The van der Waals surface area contributed by atoms with Gasteiger partial charge in [0.05, 0.1) is 5.39 Å².